The van der Waals surface area contributed by atoms with Gasteiger partial charge in [-0.25, -0.2) is 4.99 Å². The van der Waals surface area contributed by atoms with Crippen molar-refractivity contribution in [2.45, 2.75) is 33.2 Å². The van der Waals surface area contributed by atoms with E-state index in [1.165, 1.54) is 0 Å². The Kier molecular flexibility index (Phi) is 4.28. The lowest BCUT2D eigenvalue weighted by Crippen LogP contribution is -2.35. The minimum Gasteiger partial charge on any atom is -0.369 e. The van der Waals surface area contributed by atoms with Gasteiger partial charge in [0.25, 0.3) is 0 Å². The molecule has 0 bridgehead atoms. The maximum atomic E-state index is 6.43. The average molecular weight is 338 g/mol. The molecule has 0 spiro atoms. The number of aryl methyl sites for hydroxylation is 1. The average Bonchev–Trinajstić information content (AvgIpc) is 2.99. The van der Waals surface area contributed by atoms with Crippen molar-refractivity contribution in [3.8, 4) is 0 Å². The minimum absolute atomic E-state index is 0.253. The summed E-state index contributed by atoms with van der Waals surface area (Å²) in [7, 11) is 0. The molecule has 0 atom stereocenters. The Morgan fingerprint density at radius 3 is 2.58 bits per heavy atom. The van der Waals surface area contributed by atoms with Crippen molar-refractivity contribution < 1.29 is 0 Å². The maximum absolute atomic E-state index is 6.43. The van der Waals surface area contributed by atoms with Crippen LogP contribution in [0.4, 0.5) is 10.7 Å². The lowest BCUT2D eigenvalue weighted by Gasteiger charge is -2.26. The molecule has 124 valence electrons. The molecule has 5 heteroatoms. The standard InChI is InChI=1S/C19H22N4S/c1-13-12-16(14-8-5-6-9-15(14)21-13)23(17-10-7-11-24-17)18(20)22-19(2,3)4/h5-12H,1-4H3,(H2,20,22). The number of aliphatic imine (C=N–C) groups is 1. The van der Waals surface area contributed by atoms with Crippen LogP contribution in [0, 0.1) is 6.92 Å². The van der Waals surface area contributed by atoms with E-state index in [2.05, 4.69) is 28.2 Å². The van der Waals surface area contributed by atoms with Gasteiger partial charge in [-0.1, -0.05) is 18.2 Å². The molecular formula is C19H22N4S. The lowest BCUT2D eigenvalue weighted by atomic mass is 10.1. The summed E-state index contributed by atoms with van der Waals surface area (Å²) in [6.07, 6.45) is 0. The second kappa shape index (κ2) is 6.24. The van der Waals surface area contributed by atoms with E-state index >= 15 is 0 Å². The van der Waals surface area contributed by atoms with Crippen molar-refractivity contribution in [1.29, 1.82) is 0 Å². The van der Waals surface area contributed by atoms with Crippen molar-refractivity contribution in [2.24, 2.45) is 10.7 Å². The molecule has 24 heavy (non-hydrogen) atoms. The Bertz CT molecular complexity index is 876. The SMILES string of the molecule is Cc1cc(N(C(N)=NC(C)(C)C)c2cccs2)c2ccccc2n1. The van der Waals surface area contributed by atoms with E-state index < -0.39 is 0 Å². The molecule has 2 aromatic heterocycles. The first-order chi connectivity index (χ1) is 11.3. The molecular weight excluding hydrogens is 316 g/mol. The summed E-state index contributed by atoms with van der Waals surface area (Å²) in [5, 5.41) is 4.14. The second-order valence-electron chi connectivity index (χ2n) is 6.73. The maximum Gasteiger partial charge on any atom is 0.201 e. The summed E-state index contributed by atoms with van der Waals surface area (Å²) >= 11 is 1.64. The summed E-state index contributed by atoms with van der Waals surface area (Å²) in [5.41, 5.74) is 9.09. The number of nitrogens with two attached hydrogens (primary N) is 1. The molecule has 0 aliphatic carbocycles. The number of benzene rings is 1. The highest BCUT2D eigenvalue weighted by atomic mass is 32.1. The molecule has 0 aliphatic heterocycles. The normalized spacial score (nSPS) is 12.6. The molecule has 0 radical (unpaired) electrons. The number of aromatic nitrogens is 1. The number of guanidine groups is 1. The molecule has 0 amide bonds. The number of pyridine rings is 1. The molecule has 2 heterocycles. The van der Waals surface area contributed by atoms with Crippen molar-refractivity contribution in [3.63, 3.8) is 0 Å². The largest absolute Gasteiger partial charge is 0.369 e. The zero-order chi connectivity index (χ0) is 17.3. The monoisotopic (exact) mass is 338 g/mol. The molecule has 3 rings (SSSR count). The molecule has 0 saturated heterocycles. The van der Waals surface area contributed by atoms with Crippen LogP contribution < -0.4 is 10.6 Å². The highest BCUT2D eigenvalue weighted by Gasteiger charge is 2.20. The first-order valence-corrected chi connectivity index (χ1v) is 8.78. The first-order valence-electron chi connectivity index (χ1n) is 7.90. The van der Waals surface area contributed by atoms with E-state index in [9.17, 15) is 0 Å². The zero-order valence-corrected chi connectivity index (χ0v) is 15.3. The van der Waals surface area contributed by atoms with Gasteiger partial charge in [-0.3, -0.25) is 9.88 Å². The van der Waals surface area contributed by atoms with Crippen molar-refractivity contribution in [3.05, 3.63) is 53.5 Å². The summed E-state index contributed by atoms with van der Waals surface area (Å²) in [6, 6.07) is 14.3. The van der Waals surface area contributed by atoms with Gasteiger partial charge in [-0.2, -0.15) is 0 Å². The number of fused-ring (bicyclic) bond motifs is 1. The predicted octanol–water partition coefficient (Wildman–Crippen LogP) is 4.86. The number of hydrogen-bond donors (Lipinski definition) is 1. The van der Waals surface area contributed by atoms with Crippen LogP contribution in [0.15, 0.2) is 52.8 Å². The van der Waals surface area contributed by atoms with Gasteiger partial charge >= 0.3 is 0 Å². The number of anilines is 2. The summed E-state index contributed by atoms with van der Waals surface area (Å²) < 4.78 is 0. The highest BCUT2D eigenvalue weighted by molar-refractivity contribution is 7.14. The summed E-state index contributed by atoms with van der Waals surface area (Å²) in [6.45, 7) is 8.13. The van der Waals surface area contributed by atoms with Gasteiger partial charge in [0.1, 0.15) is 5.00 Å². The quantitative estimate of drug-likeness (QED) is 0.536. The van der Waals surface area contributed by atoms with Crippen LogP contribution in [0.25, 0.3) is 10.9 Å². The topological polar surface area (TPSA) is 54.5 Å². The van der Waals surface area contributed by atoms with E-state index in [0.29, 0.717) is 5.96 Å². The van der Waals surface area contributed by atoms with E-state index in [-0.39, 0.29) is 5.54 Å². The third-order valence-electron chi connectivity index (χ3n) is 3.47. The van der Waals surface area contributed by atoms with Gasteiger partial charge in [0, 0.05) is 11.1 Å². The molecule has 4 nitrogen and oxygen atoms in total. The van der Waals surface area contributed by atoms with Crippen molar-refractivity contribution in [2.75, 3.05) is 4.90 Å². The van der Waals surface area contributed by atoms with E-state index in [0.717, 1.165) is 27.3 Å². The Hall–Kier alpha value is -2.40. The van der Waals surface area contributed by atoms with Crippen LogP contribution in [-0.2, 0) is 0 Å². The fraction of sp³-hybridized carbons (Fsp3) is 0.263. The van der Waals surface area contributed by atoms with Crippen LogP contribution in [0.3, 0.4) is 0 Å². The predicted molar refractivity (Wildman–Crippen MR) is 104 cm³/mol. The van der Waals surface area contributed by atoms with Crippen LogP contribution in [0.5, 0.6) is 0 Å². The molecule has 1 aromatic carbocycles. The molecule has 0 fully saturated rings. The van der Waals surface area contributed by atoms with E-state index in [4.69, 9.17) is 5.73 Å². The summed E-state index contributed by atoms with van der Waals surface area (Å²) in [4.78, 5) is 11.3. The Balaban J connectivity index is 2.26. The molecule has 0 unspecified atom stereocenters. The Morgan fingerprint density at radius 2 is 1.92 bits per heavy atom. The second-order valence-corrected chi connectivity index (χ2v) is 7.65. The van der Waals surface area contributed by atoms with Gasteiger partial charge in [0.05, 0.1) is 16.7 Å². The number of nitrogens with zero attached hydrogens (tertiary/aromatic N) is 3. The Morgan fingerprint density at radius 1 is 1.17 bits per heavy atom. The van der Waals surface area contributed by atoms with Crippen molar-refractivity contribution >= 4 is 38.9 Å². The molecule has 3 aromatic rings. The lowest BCUT2D eigenvalue weighted by molar-refractivity contribution is 0.582. The minimum atomic E-state index is -0.253. The third kappa shape index (κ3) is 3.41. The van der Waals surface area contributed by atoms with Crippen LogP contribution in [0.2, 0.25) is 0 Å². The number of hydrogen-bond acceptors (Lipinski definition) is 3. The van der Waals surface area contributed by atoms with E-state index in [1.54, 1.807) is 11.3 Å². The molecule has 0 aliphatic rings. The Labute approximate surface area is 146 Å². The van der Waals surface area contributed by atoms with Crippen LogP contribution in [-0.4, -0.2) is 16.5 Å². The smallest absolute Gasteiger partial charge is 0.201 e. The summed E-state index contributed by atoms with van der Waals surface area (Å²) in [5.74, 6) is 0.487. The third-order valence-corrected chi connectivity index (χ3v) is 4.32. The fourth-order valence-electron chi connectivity index (χ4n) is 2.62. The number of para-hydroxylation sites is 1. The molecule has 2 N–H and O–H groups in total. The van der Waals surface area contributed by atoms with Gasteiger partial charge in [-0.15, -0.1) is 11.3 Å². The van der Waals surface area contributed by atoms with Gasteiger partial charge < -0.3 is 5.73 Å². The van der Waals surface area contributed by atoms with Crippen molar-refractivity contribution in [1.82, 2.24) is 4.98 Å². The van der Waals surface area contributed by atoms with E-state index in [1.807, 2.05) is 62.2 Å². The van der Waals surface area contributed by atoms with Gasteiger partial charge in [0.2, 0.25) is 5.96 Å². The van der Waals surface area contributed by atoms with Crippen LogP contribution in [0.1, 0.15) is 26.5 Å². The zero-order valence-electron chi connectivity index (χ0n) is 14.4. The van der Waals surface area contributed by atoms with Gasteiger partial charge in [0.15, 0.2) is 0 Å². The molecule has 0 saturated carbocycles. The first kappa shape index (κ1) is 16.5. The van der Waals surface area contributed by atoms with Crippen LogP contribution >= 0.6 is 11.3 Å². The number of thiophene rings is 1. The van der Waals surface area contributed by atoms with Gasteiger partial charge in [-0.05, 0) is 57.3 Å². The fourth-order valence-corrected chi connectivity index (χ4v) is 3.37. The number of rotatable bonds is 2. The highest BCUT2D eigenvalue weighted by Crippen LogP contribution is 2.35.